The van der Waals surface area contributed by atoms with E-state index in [1.165, 1.54) is 5.56 Å². The van der Waals surface area contributed by atoms with E-state index in [-0.39, 0.29) is 29.6 Å². The van der Waals surface area contributed by atoms with Crippen LogP contribution in [0, 0.1) is 0 Å². The van der Waals surface area contributed by atoms with E-state index in [1.54, 1.807) is 14.2 Å². The summed E-state index contributed by atoms with van der Waals surface area (Å²) >= 11 is 0. The summed E-state index contributed by atoms with van der Waals surface area (Å²) in [7, 11) is 3.47. The highest BCUT2D eigenvalue weighted by atomic mass is 127. The quantitative estimate of drug-likeness (QED) is 0.353. The van der Waals surface area contributed by atoms with Gasteiger partial charge in [-0.2, -0.15) is 0 Å². The zero-order valence-corrected chi connectivity index (χ0v) is 18.4. The number of hydrogen-bond donors (Lipinski definition) is 2. The number of imidazole rings is 1. The monoisotopic (exact) mass is 471 g/mol. The van der Waals surface area contributed by atoms with E-state index < -0.39 is 0 Å². The van der Waals surface area contributed by atoms with Crippen LogP contribution in [0.4, 0.5) is 0 Å². The van der Waals surface area contributed by atoms with Crippen molar-refractivity contribution in [3.63, 3.8) is 0 Å². The number of nitrogens with one attached hydrogen (secondary N) is 2. The van der Waals surface area contributed by atoms with Gasteiger partial charge in [-0.3, -0.25) is 4.99 Å². The fraction of sp³-hybridized carbons (Fsp3) is 0.474. The third kappa shape index (κ3) is 7.33. The first kappa shape index (κ1) is 22.4. The number of benzene rings is 1. The van der Waals surface area contributed by atoms with E-state index in [2.05, 4.69) is 49.4 Å². The standard InChI is InChI=1S/C19H29N5O.HI/c1-19(2,25-4)15-23-18(20-3)22-14-17-21-11-13-24(17)12-10-16-8-6-5-7-9-16;/h5-9,11,13H,10,12,14-15H2,1-4H3,(H2,20,22,23);1H. The van der Waals surface area contributed by atoms with Gasteiger partial charge in [0.25, 0.3) is 0 Å². The number of halogens is 1. The van der Waals surface area contributed by atoms with E-state index in [0.29, 0.717) is 13.1 Å². The molecule has 7 heteroatoms. The fourth-order valence-corrected chi connectivity index (χ4v) is 2.36. The molecule has 1 heterocycles. The van der Waals surface area contributed by atoms with Crippen molar-refractivity contribution in [1.82, 2.24) is 20.2 Å². The molecule has 6 nitrogen and oxygen atoms in total. The predicted octanol–water partition coefficient (Wildman–Crippen LogP) is 2.83. The van der Waals surface area contributed by atoms with Gasteiger partial charge in [0.05, 0.1) is 12.1 Å². The zero-order valence-electron chi connectivity index (χ0n) is 16.0. The lowest BCUT2D eigenvalue weighted by molar-refractivity contribution is 0.0268. The van der Waals surface area contributed by atoms with Crippen LogP contribution in [0.5, 0.6) is 0 Å². The number of ether oxygens (including phenoxy) is 1. The highest BCUT2D eigenvalue weighted by Gasteiger charge is 2.16. The van der Waals surface area contributed by atoms with Crippen LogP contribution >= 0.6 is 24.0 Å². The van der Waals surface area contributed by atoms with Crippen molar-refractivity contribution in [3.8, 4) is 0 Å². The second-order valence-corrected chi connectivity index (χ2v) is 6.52. The molecular formula is C19H30IN5O. The summed E-state index contributed by atoms with van der Waals surface area (Å²) in [6.07, 6.45) is 4.84. The van der Waals surface area contributed by atoms with Crippen molar-refractivity contribution in [2.24, 2.45) is 4.99 Å². The molecule has 2 N–H and O–H groups in total. The van der Waals surface area contributed by atoms with Gasteiger partial charge < -0.3 is 19.9 Å². The highest BCUT2D eigenvalue weighted by molar-refractivity contribution is 14.0. The van der Waals surface area contributed by atoms with Gasteiger partial charge in [-0.25, -0.2) is 4.98 Å². The molecule has 0 fully saturated rings. The van der Waals surface area contributed by atoms with E-state index in [9.17, 15) is 0 Å². The van der Waals surface area contributed by atoms with Crippen LogP contribution in [-0.2, 0) is 24.2 Å². The first-order chi connectivity index (χ1) is 12.0. The van der Waals surface area contributed by atoms with E-state index >= 15 is 0 Å². The molecule has 2 rings (SSSR count). The number of methoxy groups -OCH3 is 1. The first-order valence-corrected chi connectivity index (χ1v) is 8.57. The second kappa shape index (κ2) is 11.2. The third-order valence-corrected chi connectivity index (χ3v) is 4.16. The average molecular weight is 471 g/mol. The van der Waals surface area contributed by atoms with Crippen molar-refractivity contribution >= 4 is 29.9 Å². The number of hydrogen-bond acceptors (Lipinski definition) is 3. The lowest BCUT2D eigenvalue weighted by Gasteiger charge is -2.24. The van der Waals surface area contributed by atoms with Gasteiger partial charge in [0.15, 0.2) is 5.96 Å². The molecule has 0 spiro atoms. The number of aliphatic imine (C=N–C) groups is 1. The molecule has 0 bridgehead atoms. The molecule has 2 aromatic rings. The molecule has 0 aliphatic rings. The van der Waals surface area contributed by atoms with Gasteiger partial charge in [-0.1, -0.05) is 30.3 Å². The van der Waals surface area contributed by atoms with Crippen LogP contribution in [0.3, 0.4) is 0 Å². The molecule has 0 saturated heterocycles. The Balaban J connectivity index is 0.00000338. The van der Waals surface area contributed by atoms with Crippen LogP contribution < -0.4 is 10.6 Å². The number of guanidine groups is 1. The highest BCUT2D eigenvalue weighted by Crippen LogP contribution is 2.05. The summed E-state index contributed by atoms with van der Waals surface area (Å²) in [6, 6.07) is 10.5. The van der Waals surface area contributed by atoms with Gasteiger partial charge in [0.1, 0.15) is 5.82 Å². The van der Waals surface area contributed by atoms with Crippen molar-refractivity contribution < 1.29 is 4.74 Å². The fourth-order valence-electron chi connectivity index (χ4n) is 2.36. The molecule has 26 heavy (non-hydrogen) atoms. The maximum Gasteiger partial charge on any atom is 0.191 e. The van der Waals surface area contributed by atoms with Gasteiger partial charge >= 0.3 is 0 Å². The van der Waals surface area contributed by atoms with Gasteiger partial charge in [0, 0.05) is 39.6 Å². The molecule has 1 aromatic carbocycles. The number of nitrogens with zero attached hydrogens (tertiary/aromatic N) is 3. The van der Waals surface area contributed by atoms with Crippen molar-refractivity contribution in [2.45, 2.75) is 39.0 Å². The van der Waals surface area contributed by atoms with Crippen molar-refractivity contribution in [3.05, 3.63) is 54.1 Å². The Hall–Kier alpha value is -1.61. The number of rotatable bonds is 8. The number of aromatic nitrogens is 2. The summed E-state index contributed by atoms with van der Waals surface area (Å²) in [4.78, 5) is 8.70. The van der Waals surface area contributed by atoms with Crippen LogP contribution in [0.1, 0.15) is 25.2 Å². The Bertz CT molecular complexity index is 670. The summed E-state index contributed by atoms with van der Waals surface area (Å²) < 4.78 is 7.59. The Kier molecular flexibility index (Phi) is 9.64. The minimum atomic E-state index is -0.244. The third-order valence-electron chi connectivity index (χ3n) is 4.16. The zero-order chi connectivity index (χ0) is 18.1. The lowest BCUT2D eigenvalue weighted by Crippen LogP contribution is -2.45. The molecule has 0 saturated carbocycles. The molecule has 0 amide bonds. The maximum absolute atomic E-state index is 5.41. The van der Waals surface area contributed by atoms with E-state index in [1.807, 2.05) is 32.3 Å². The molecule has 1 aromatic heterocycles. The first-order valence-electron chi connectivity index (χ1n) is 8.57. The summed E-state index contributed by atoms with van der Waals surface area (Å²) in [5.41, 5.74) is 1.08. The Labute approximate surface area is 173 Å². The Morgan fingerprint density at radius 3 is 2.62 bits per heavy atom. The Morgan fingerprint density at radius 2 is 1.96 bits per heavy atom. The summed E-state index contributed by atoms with van der Waals surface area (Å²) in [6.45, 7) is 6.26. The van der Waals surface area contributed by atoms with Crippen molar-refractivity contribution in [1.29, 1.82) is 0 Å². The minimum Gasteiger partial charge on any atom is -0.377 e. The molecule has 144 valence electrons. The van der Waals surface area contributed by atoms with Gasteiger partial charge in [-0.05, 0) is 25.8 Å². The summed E-state index contributed by atoms with van der Waals surface area (Å²) in [5, 5.41) is 6.58. The minimum absolute atomic E-state index is 0. The number of aryl methyl sites for hydroxylation is 2. The van der Waals surface area contributed by atoms with Crippen LogP contribution in [0.15, 0.2) is 47.7 Å². The Morgan fingerprint density at radius 1 is 1.23 bits per heavy atom. The largest absolute Gasteiger partial charge is 0.377 e. The van der Waals surface area contributed by atoms with Crippen LogP contribution in [0.25, 0.3) is 0 Å². The van der Waals surface area contributed by atoms with E-state index in [4.69, 9.17) is 4.74 Å². The van der Waals surface area contributed by atoms with Crippen LogP contribution in [0.2, 0.25) is 0 Å². The maximum atomic E-state index is 5.41. The summed E-state index contributed by atoms with van der Waals surface area (Å²) in [5.74, 6) is 1.73. The SMILES string of the molecule is CN=C(NCc1nccn1CCc1ccccc1)NCC(C)(C)OC.I. The topological polar surface area (TPSA) is 63.5 Å². The van der Waals surface area contributed by atoms with Gasteiger partial charge in [0.2, 0.25) is 0 Å². The second-order valence-electron chi connectivity index (χ2n) is 6.52. The molecule has 0 radical (unpaired) electrons. The predicted molar refractivity (Wildman–Crippen MR) is 117 cm³/mol. The molecule has 0 unspecified atom stereocenters. The molecule has 0 aliphatic heterocycles. The van der Waals surface area contributed by atoms with E-state index in [0.717, 1.165) is 24.7 Å². The lowest BCUT2D eigenvalue weighted by atomic mass is 10.1. The van der Waals surface area contributed by atoms with Crippen molar-refractivity contribution in [2.75, 3.05) is 20.7 Å². The molecule has 0 atom stereocenters. The molecular weight excluding hydrogens is 441 g/mol. The van der Waals surface area contributed by atoms with Gasteiger partial charge in [-0.15, -0.1) is 24.0 Å². The van der Waals surface area contributed by atoms with Crippen LogP contribution in [-0.4, -0.2) is 41.8 Å². The average Bonchev–Trinajstić information content (AvgIpc) is 3.08. The normalized spacial score (nSPS) is 11.8. The smallest absolute Gasteiger partial charge is 0.191 e. The molecule has 0 aliphatic carbocycles.